The largest absolute Gasteiger partial charge is 0.466 e. The van der Waals surface area contributed by atoms with Gasteiger partial charge in [-0.3, -0.25) is 14.4 Å². The number of anilines is 1. The van der Waals surface area contributed by atoms with Crippen LogP contribution in [0.2, 0.25) is 0 Å². The van der Waals surface area contributed by atoms with Crippen molar-refractivity contribution in [3.8, 4) is 0 Å². The van der Waals surface area contributed by atoms with Gasteiger partial charge in [-0.05, 0) is 35.4 Å². The lowest BCUT2D eigenvalue weighted by Gasteiger charge is -2.09. The quantitative estimate of drug-likeness (QED) is 0.549. The number of hydrogen-bond donors (Lipinski definition) is 1. The van der Waals surface area contributed by atoms with Crippen LogP contribution in [-0.4, -0.2) is 24.3 Å². The summed E-state index contributed by atoms with van der Waals surface area (Å²) in [4.78, 5) is 39.2. The van der Waals surface area contributed by atoms with E-state index in [1.807, 2.05) is 54.6 Å². The van der Waals surface area contributed by atoms with E-state index in [4.69, 9.17) is 4.74 Å². The zero-order valence-electron chi connectivity index (χ0n) is 15.8. The summed E-state index contributed by atoms with van der Waals surface area (Å²) in [5.74, 6) is -2.61. The number of esters is 1. The van der Waals surface area contributed by atoms with Gasteiger partial charge in [0.05, 0.1) is 18.4 Å². The van der Waals surface area contributed by atoms with E-state index in [0.29, 0.717) is 16.8 Å². The van der Waals surface area contributed by atoms with Crippen molar-refractivity contribution in [3.05, 3.63) is 77.9 Å². The second kappa shape index (κ2) is 6.27. The molecule has 0 bridgehead atoms. The maximum absolute atomic E-state index is 13.5. The van der Waals surface area contributed by atoms with Gasteiger partial charge < -0.3 is 10.1 Å². The molecule has 1 spiro atoms. The Morgan fingerprint density at radius 2 is 1.69 bits per heavy atom. The van der Waals surface area contributed by atoms with Crippen molar-refractivity contribution in [2.24, 2.45) is 11.8 Å². The number of ether oxygens (including phenoxy) is 1. The van der Waals surface area contributed by atoms with E-state index in [-0.39, 0.29) is 18.3 Å². The van der Waals surface area contributed by atoms with Gasteiger partial charge in [-0.15, -0.1) is 0 Å². The summed E-state index contributed by atoms with van der Waals surface area (Å²) in [6.07, 6.45) is 0. The molecule has 1 amide bonds. The highest BCUT2D eigenvalue weighted by atomic mass is 16.5. The van der Waals surface area contributed by atoms with Crippen molar-refractivity contribution < 1.29 is 19.1 Å². The topological polar surface area (TPSA) is 72.5 Å². The number of hydrogen-bond acceptors (Lipinski definition) is 4. The van der Waals surface area contributed by atoms with Crippen LogP contribution in [-0.2, 0) is 19.7 Å². The van der Waals surface area contributed by atoms with Crippen LogP contribution in [0.15, 0.2) is 66.7 Å². The molecule has 1 aliphatic carbocycles. The number of carbonyl (C=O) groups excluding carboxylic acids is 3. The van der Waals surface area contributed by atoms with Crippen molar-refractivity contribution in [1.82, 2.24) is 0 Å². The van der Waals surface area contributed by atoms with E-state index < -0.39 is 23.2 Å². The van der Waals surface area contributed by atoms with E-state index in [2.05, 4.69) is 5.32 Å². The molecule has 1 unspecified atom stereocenters. The molecule has 5 nitrogen and oxygen atoms in total. The van der Waals surface area contributed by atoms with Gasteiger partial charge in [0.25, 0.3) is 0 Å². The lowest BCUT2D eigenvalue weighted by molar-refractivity contribution is -0.146. The van der Waals surface area contributed by atoms with E-state index in [1.54, 1.807) is 19.1 Å². The molecule has 144 valence electrons. The van der Waals surface area contributed by atoms with Gasteiger partial charge in [0.1, 0.15) is 5.41 Å². The van der Waals surface area contributed by atoms with E-state index in [0.717, 1.165) is 10.8 Å². The Kier molecular flexibility index (Phi) is 3.81. The third-order valence-corrected chi connectivity index (χ3v) is 6.06. The van der Waals surface area contributed by atoms with Crippen LogP contribution < -0.4 is 5.32 Å². The second-order valence-electron chi connectivity index (χ2n) is 7.50. The van der Waals surface area contributed by atoms with Crippen LogP contribution in [0, 0.1) is 11.8 Å². The zero-order valence-corrected chi connectivity index (χ0v) is 15.8. The third kappa shape index (κ3) is 2.37. The Morgan fingerprint density at radius 3 is 2.48 bits per heavy atom. The van der Waals surface area contributed by atoms with Crippen molar-refractivity contribution in [2.45, 2.75) is 12.3 Å². The molecule has 5 rings (SSSR count). The van der Waals surface area contributed by atoms with Gasteiger partial charge in [-0.2, -0.15) is 0 Å². The summed E-state index contributed by atoms with van der Waals surface area (Å²) in [6.45, 7) is 1.92. The van der Waals surface area contributed by atoms with Crippen LogP contribution in [0.3, 0.4) is 0 Å². The minimum Gasteiger partial charge on any atom is -0.466 e. The average molecular weight is 385 g/mol. The summed E-state index contributed by atoms with van der Waals surface area (Å²) < 4.78 is 5.23. The first-order valence-electron chi connectivity index (χ1n) is 9.69. The summed E-state index contributed by atoms with van der Waals surface area (Å²) in [5, 5.41) is 4.81. The zero-order chi connectivity index (χ0) is 20.2. The van der Waals surface area contributed by atoms with Crippen LogP contribution in [0.4, 0.5) is 5.69 Å². The number of Topliss-reactive ketones (excluding diaryl/α,β-unsaturated/α-hetero) is 1. The van der Waals surface area contributed by atoms with Crippen molar-refractivity contribution in [2.75, 3.05) is 11.9 Å². The van der Waals surface area contributed by atoms with Crippen LogP contribution in [0.1, 0.15) is 22.8 Å². The Morgan fingerprint density at radius 1 is 0.966 bits per heavy atom. The highest BCUT2D eigenvalue weighted by molar-refractivity contribution is 6.20. The molecule has 0 saturated heterocycles. The van der Waals surface area contributed by atoms with Gasteiger partial charge in [0, 0.05) is 11.3 Å². The molecule has 2 aliphatic rings. The number of para-hydroxylation sites is 1. The van der Waals surface area contributed by atoms with E-state index in [1.165, 1.54) is 0 Å². The molecular formula is C24H19NO4. The molecule has 3 aromatic carbocycles. The van der Waals surface area contributed by atoms with E-state index in [9.17, 15) is 14.4 Å². The number of benzene rings is 3. The Hall–Kier alpha value is -3.47. The van der Waals surface area contributed by atoms with Gasteiger partial charge in [-0.1, -0.05) is 54.6 Å². The number of rotatable bonds is 4. The van der Waals surface area contributed by atoms with Gasteiger partial charge in [0.15, 0.2) is 5.78 Å². The van der Waals surface area contributed by atoms with Crippen LogP contribution in [0.5, 0.6) is 0 Å². The second-order valence-corrected chi connectivity index (χ2v) is 7.50. The Labute approximate surface area is 167 Å². The predicted octanol–water partition coefficient (Wildman–Crippen LogP) is 3.72. The summed E-state index contributed by atoms with van der Waals surface area (Å²) in [6, 6.07) is 20.5. The molecule has 0 aromatic heterocycles. The monoisotopic (exact) mass is 385 g/mol. The summed E-state index contributed by atoms with van der Waals surface area (Å²) >= 11 is 0. The standard InChI is InChI=1S/C24H19NO4/c1-2-29-22(27)20-19(24(20)17-9-5-6-10-18(17)25-23(24)28)21(26)16-12-11-14-7-3-4-8-15(14)13-16/h3-13,19-20H,2H2,1H3,(H,25,28)/t19-,20-,24?/m1/s1. The lowest BCUT2D eigenvalue weighted by Crippen LogP contribution is -2.26. The maximum Gasteiger partial charge on any atom is 0.311 e. The molecule has 0 radical (unpaired) electrons. The molecule has 3 aromatic rings. The Balaban J connectivity index is 1.61. The van der Waals surface area contributed by atoms with Crippen molar-refractivity contribution in [3.63, 3.8) is 0 Å². The van der Waals surface area contributed by atoms with Gasteiger partial charge in [0.2, 0.25) is 5.91 Å². The summed E-state index contributed by atoms with van der Waals surface area (Å²) in [7, 11) is 0. The maximum atomic E-state index is 13.5. The highest BCUT2D eigenvalue weighted by Crippen LogP contribution is 2.66. The number of fused-ring (bicyclic) bond motifs is 3. The molecule has 3 atom stereocenters. The normalized spacial score (nSPS) is 24.2. The lowest BCUT2D eigenvalue weighted by atomic mass is 9.90. The number of amides is 1. The molecule has 1 fully saturated rings. The predicted molar refractivity (Wildman–Crippen MR) is 109 cm³/mol. The van der Waals surface area contributed by atoms with Crippen LogP contribution in [0.25, 0.3) is 10.8 Å². The smallest absolute Gasteiger partial charge is 0.311 e. The highest BCUT2D eigenvalue weighted by Gasteiger charge is 2.79. The fourth-order valence-electron chi connectivity index (χ4n) is 4.74. The molecule has 1 aliphatic heterocycles. The Bertz CT molecular complexity index is 1180. The SMILES string of the molecule is CCOC(=O)[C@H]1[C@H](C(=O)c2ccc3ccccc3c2)C12C(=O)Nc1ccccc12. The molecule has 29 heavy (non-hydrogen) atoms. The van der Waals surface area contributed by atoms with Crippen LogP contribution >= 0.6 is 0 Å². The third-order valence-electron chi connectivity index (χ3n) is 6.06. The van der Waals surface area contributed by atoms with E-state index >= 15 is 0 Å². The minimum atomic E-state index is -1.19. The first-order valence-corrected chi connectivity index (χ1v) is 9.69. The fraction of sp³-hybridized carbons (Fsp3) is 0.208. The minimum absolute atomic E-state index is 0.200. The molecule has 1 heterocycles. The summed E-state index contributed by atoms with van der Waals surface area (Å²) in [5.41, 5.74) is 0.658. The fourth-order valence-corrected chi connectivity index (χ4v) is 4.74. The van der Waals surface area contributed by atoms with Gasteiger partial charge in [-0.25, -0.2) is 0 Å². The molecule has 1 saturated carbocycles. The van der Waals surface area contributed by atoms with Crippen molar-refractivity contribution >= 4 is 34.1 Å². The molecular weight excluding hydrogens is 366 g/mol. The number of nitrogens with one attached hydrogen (secondary N) is 1. The first-order chi connectivity index (χ1) is 14.1. The molecule has 1 N–H and O–H groups in total. The molecule has 5 heteroatoms. The average Bonchev–Trinajstić information content (AvgIpc) is 3.36. The van der Waals surface area contributed by atoms with Crippen molar-refractivity contribution in [1.29, 1.82) is 0 Å². The number of carbonyl (C=O) groups is 3. The first kappa shape index (κ1) is 17.6. The number of ketones is 1. The van der Waals surface area contributed by atoms with Gasteiger partial charge >= 0.3 is 5.97 Å².